The minimum atomic E-state index is -2.03. The molecular formula is C36H51BrN4O3Si. The first-order valence-corrected chi connectivity index (χ1v) is 20.1. The van der Waals surface area contributed by atoms with Crippen LogP contribution in [0.25, 0.3) is 5.69 Å². The van der Waals surface area contributed by atoms with Gasteiger partial charge in [-0.3, -0.25) is 9.59 Å². The Morgan fingerprint density at radius 3 is 2.29 bits per heavy atom. The molecule has 9 heteroatoms. The Balaban J connectivity index is 1.70. The number of halogens is 1. The zero-order valence-electron chi connectivity index (χ0n) is 28.5. The van der Waals surface area contributed by atoms with Gasteiger partial charge in [-0.05, 0) is 79.7 Å². The van der Waals surface area contributed by atoms with Gasteiger partial charge in [0.1, 0.15) is 0 Å². The largest absolute Gasteiger partial charge is 0.415 e. The minimum absolute atomic E-state index is 0.0563. The molecule has 244 valence electrons. The number of rotatable bonds is 12. The molecule has 45 heavy (non-hydrogen) atoms. The van der Waals surface area contributed by atoms with Gasteiger partial charge < -0.3 is 14.2 Å². The fourth-order valence-corrected chi connectivity index (χ4v) is 6.91. The normalized spacial score (nSPS) is 15.2. The lowest BCUT2D eigenvalue weighted by Crippen LogP contribution is -2.50. The molecule has 1 aliphatic heterocycles. The van der Waals surface area contributed by atoms with Gasteiger partial charge in [0.2, 0.25) is 0 Å². The third-order valence-corrected chi connectivity index (χ3v) is 14.4. The molecule has 2 aromatic carbocycles. The molecule has 2 heterocycles. The topological polar surface area (TPSA) is 67.7 Å². The Hall–Kier alpha value is -2.75. The second-order valence-corrected chi connectivity index (χ2v) is 19.6. The third kappa shape index (κ3) is 8.16. The van der Waals surface area contributed by atoms with Crippen molar-refractivity contribution in [3.05, 3.63) is 81.1 Å². The van der Waals surface area contributed by atoms with Crippen LogP contribution < -0.4 is 0 Å². The van der Waals surface area contributed by atoms with E-state index in [9.17, 15) is 9.59 Å². The van der Waals surface area contributed by atoms with Crippen LogP contribution in [0, 0.1) is 6.92 Å². The van der Waals surface area contributed by atoms with Crippen LogP contribution in [0.15, 0.2) is 53.0 Å². The molecule has 1 aliphatic rings. The van der Waals surface area contributed by atoms with E-state index in [-0.39, 0.29) is 22.9 Å². The van der Waals surface area contributed by atoms with Crippen LogP contribution in [0.3, 0.4) is 0 Å². The van der Waals surface area contributed by atoms with Gasteiger partial charge in [-0.2, -0.15) is 5.10 Å². The highest BCUT2D eigenvalue weighted by molar-refractivity contribution is 9.10. The van der Waals surface area contributed by atoms with Gasteiger partial charge in [0.25, 0.3) is 11.8 Å². The van der Waals surface area contributed by atoms with E-state index in [1.807, 2.05) is 47.1 Å². The fraction of sp³-hybridized carbons (Fsp3) is 0.528. The van der Waals surface area contributed by atoms with Crippen molar-refractivity contribution in [1.29, 1.82) is 0 Å². The van der Waals surface area contributed by atoms with E-state index in [2.05, 4.69) is 81.8 Å². The zero-order chi connectivity index (χ0) is 32.9. The number of carbonyl (C=O) groups is 2. The van der Waals surface area contributed by atoms with Gasteiger partial charge in [0, 0.05) is 29.8 Å². The summed E-state index contributed by atoms with van der Waals surface area (Å²) in [6, 6.07) is 15.8. The summed E-state index contributed by atoms with van der Waals surface area (Å²) in [7, 11) is -2.03. The molecule has 0 saturated heterocycles. The summed E-state index contributed by atoms with van der Waals surface area (Å²) in [6.45, 7) is 19.9. The van der Waals surface area contributed by atoms with Crippen molar-refractivity contribution in [2.45, 2.75) is 104 Å². The van der Waals surface area contributed by atoms with E-state index in [4.69, 9.17) is 9.52 Å². The van der Waals surface area contributed by atoms with E-state index in [0.29, 0.717) is 30.1 Å². The number of amides is 2. The number of nitrogens with zero attached hydrogens (tertiary/aromatic N) is 4. The smallest absolute Gasteiger partial charge is 0.274 e. The summed E-state index contributed by atoms with van der Waals surface area (Å²) in [5.41, 5.74) is 4.85. The molecule has 0 N–H and O–H groups in total. The van der Waals surface area contributed by atoms with Crippen LogP contribution >= 0.6 is 15.9 Å². The molecule has 0 bridgehead atoms. The second-order valence-electron chi connectivity index (χ2n) is 13.9. The molecule has 0 saturated carbocycles. The summed E-state index contributed by atoms with van der Waals surface area (Å²) >= 11 is 3.61. The average Bonchev–Trinajstić information content (AvgIpc) is 3.39. The zero-order valence-corrected chi connectivity index (χ0v) is 31.0. The maximum absolute atomic E-state index is 14.6. The van der Waals surface area contributed by atoms with Gasteiger partial charge in [-0.15, -0.1) is 0 Å². The summed E-state index contributed by atoms with van der Waals surface area (Å²) in [4.78, 5) is 32.1. The number of carbonyl (C=O) groups excluding carboxylic acids is 2. The monoisotopic (exact) mass is 694 g/mol. The van der Waals surface area contributed by atoms with Gasteiger partial charge in [0.05, 0.1) is 23.9 Å². The number of unbranched alkanes of at least 4 members (excludes halogenated alkanes) is 2. The Labute approximate surface area is 279 Å². The molecule has 3 aromatic rings. The highest BCUT2D eigenvalue weighted by Crippen LogP contribution is 2.37. The molecule has 7 nitrogen and oxygen atoms in total. The van der Waals surface area contributed by atoms with E-state index in [0.717, 1.165) is 60.9 Å². The van der Waals surface area contributed by atoms with Crippen LogP contribution in [-0.4, -0.2) is 65.5 Å². The van der Waals surface area contributed by atoms with Crippen LogP contribution in [0.5, 0.6) is 0 Å². The summed E-state index contributed by atoms with van der Waals surface area (Å²) in [5.74, 6) is -0.126. The van der Waals surface area contributed by atoms with Crippen molar-refractivity contribution in [2.24, 2.45) is 0 Å². The summed E-state index contributed by atoms with van der Waals surface area (Å²) in [6.07, 6.45) is 4.71. The second kappa shape index (κ2) is 14.8. The molecule has 1 aromatic heterocycles. The summed E-state index contributed by atoms with van der Waals surface area (Å²) < 4.78 is 9.27. The number of fused-ring (bicyclic) bond motifs is 1. The lowest BCUT2D eigenvalue weighted by molar-refractivity contribution is 0.0554. The predicted octanol–water partition coefficient (Wildman–Crippen LogP) is 8.57. The van der Waals surface area contributed by atoms with Crippen LogP contribution in [0.2, 0.25) is 18.1 Å². The molecule has 0 radical (unpaired) electrons. The first-order valence-electron chi connectivity index (χ1n) is 16.4. The molecule has 1 atom stereocenters. The van der Waals surface area contributed by atoms with Crippen LogP contribution in [-0.2, 0) is 17.4 Å². The first kappa shape index (κ1) is 35.1. The molecule has 0 fully saturated rings. The number of aromatic nitrogens is 2. The van der Waals surface area contributed by atoms with Gasteiger partial charge in [0.15, 0.2) is 14.0 Å². The minimum Gasteiger partial charge on any atom is -0.415 e. The van der Waals surface area contributed by atoms with E-state index in [1.165, 1.54) is 5.56 Å². The highest BCUT2D eigenvalue weighted by atomic mass is 79.9. The number of hydrogen-bond donors (Lipinski definition) is 0. The van der Waals surface area contributed by atoms with Crippen molar-refractivity contribution in [1.82, 2.24) is 19.6 Å². The molecular weight excluding hydrogens is 644 g/mol. The van der Waals surface area contributed by atoms with Crippen molar-refractivity contribution in [3.63, 3.8) is 0 Å². The molecule has 4 rings (SSSR count). The maximum atomic E-state index is 14.6. The number of aryl methyl sites for hydroxylation is 1. The molecule has 0 spiro atoms. The van der Waals surface area contributed by atoms with Gasteiger partial charge in [-0.25, -0.2) is 4.68 Å². The van der Waals surface area contributed by atoms with E-state index in [1.54, 1.807) is 4.68 Å². The number of hydrogen-bond acceptors (Lipinski definition) is 4. The average molecular weight is 696 g/mol. The lowest BCUT2D eigenvalue weighted by Gasteiger charge is -2.41. The summed E-state index contributed by atoms with van der Waals surface area (Å²) in [5, 5.41) is 4.88. The first-order chi connectivity index (χ1) is 21.3. The molecule has 0 unspecified atom stereocenters. The standard InChI is InChI=1S/C36H51BrN4O3Si/c1-9-11-19-39(20-12-10-2)35(43)32-21-26(3)41(38-32)33-18-17-29(37)23-31(33)34(42)40-24-28-16-14-13-15-27(28)22-30(40)25-44-45(7,8)36(4,5)6/h13-18,21,23,30H,9-12,19-20,22,24-25H2,1-8H3/t30-/m0/s1. The van der Waals surface area contributed by atoms with Crippen molar-refractivity contribution < 1.29 is 14.0 Å². The Morgan fingerprint density at radius 2 is 1.67 bits per heavy atom. The van der Waals surface area contributed by atoms with E-state index < -0.39 is 8.32 Å². The molecule has 2 amide bonds. The Kier molecular flexibility index (Phi) is 11.5. The maximum Gasteiger partial charge on any atom is 0.274 e. The van der Waals surface area contributed by atoms with Crippen LogP contribution in [0.4, 0.5) is 0 Å². The number of benzene rings is 2. The van der Waals surface area contributed by atoms with Crippen LogP contribution in [0.1, 0.15) is 98.0 Å². The van der Waals surface area contributed by atoms with Crippen molar-refractivity contribution in [2.75, 3.05) is 19.7 Å². The fourth-order valence-electron chi connectivity index (χ4n) is 5.51. The lowest BCUT2D eigenvalue weighted by atomic mass is 9.93. The van der Waals surface area contributed by atoms with Crippen molar-refractivity contribution in [3.8, 4) is 5.69 Å². The van der Waals surface area contributed by atoms with Crippen molar-refractivity contribution >= 4 is 36.1 Å². The SMILES string of the molecule is CCCCN(CCCC)C(=O)c1cc(C)n(-c2ccc(Br)cc2C(=O)N2Cc3ccccc3C[C@H]2CO[Si](C)(C)C(C)(C)C)n1. The molecule has 0 aliphatic carbocycles. The quantitative estimate of drug-likeness (QED) is 0.178. The Morgan fingerprint density at radius 1 is 1.02 bits per heavy atom. The third-order valence-electron chi connectivity index (χ3n) is 9.43. The predicted molar refractivity (Wildman–Crippen MR) is 189 cm³/mol. The van der Waals surface area contributed by atoms with Gasteiger partial charge in [-0.1, -0.05) is 87.7 Å². The Bertz CT molecular complexity index is 1490. The highest BCUT2D eigenvalue weighted by Gasteiger charge is 2.39. The van der Waals surface area contributed by atoms with E-state index >= 15 is 0 Å². The van der Waals surface area contributed by atoms with Gasteiger partial charge >= 0.3 is 0 Å².